The number of anilines is 3. The van der Waals surface area contributed by atoms with Crippen molar-refractivity contribution < 1.29 is 0 Å². The Morgan fingerprint density at radius 2 is 0.707 bits per heavy atom. The van der Waals surface area contributed by atoms with Crippen LogP contribution in [0.4, 0.5) is 17.1 Å². The lowest BCUT2D eigenvalue weighted by atomic mass is 9.81. The van der Waals surface area contributed by atoms with Crippen LogP contribution in [0.3, 0.4) is 0 Å². The minimum Gasteiger partial charge on any atom is -0.310 e. The Labute approximate surface area is 342 Å². The molecule has 0 N–H and O–H groups in total. The molecule has 1 aliphatic rings. The first kappa shape index (κ1) is 35.2. The van der Waals surface area contributed by atoms with Gasteiger partial charge in [0.2, 0.25) is 0 Å². The average Bonchev–Trinajstić information content (AvgIpc) is 3.54. The van der Waals surface area contributed by atoms with Crippen molar-refractivity contribution in [2.24, 2.45) is 0 Å². The van der Waals surface area contributed by atoms with Crippen molar-refractivity contribution in [1.82, 2.24) is 0 Å². The van der Waals surface area contributed by atoms with E-state index in [4.69, 9.17) is 0 Å². The fourth-order valence-electron chi connectivity index (χ4n) is 9.14. The summed E-state index contributed by atoms with van der Waals surface area (Å²) in [5.74, 6) is 0. The van der Waals surface area contributed by atoms with Crippen LogP contribution in [-0.4, -0.2) is 0 Å². The van der Waals surface area contributed by atoms with E-state index in [0.717, 1.165) is 11.4 Å². The van der Waals surface area contributed by atoms with E-state index >= 15 is 0 Å². The van der Waals surface area contributed by atoms with Crippen molar-refractivity contribution in [2.45, 2.75) is 19.3 Å². The maximum absolute atomic E-state index is 2.53. The fourth-order valence-corrected chi connectivity index (χ4v) is 9.14. The number of hydrogen-bond donors (Lipinski definition) is 0. The van der Waals surface area contributed by atoms with Gasteiger partial charge in [0.25, 0.3) is 0 Å². The summed E-state index contributed by atoms with van der Waals surface area (Å²) >= 11 is 0. The van der Waals surface area contributed by atoms with Crippen molar-refractivity contribution in [3.05, 3.63) is 236 Å². The van der Waals surface area contributed by atoms with E-state index in [1.807, 2.05) is 0 Å². The van der Waals surface area contributed by atoms with Gasteiger partial charge in [-0.25, -0.2) is 0 Å². The summed E-state index contributed by atoms with van der Waals surface area (Å²) in [5, 5.41) is 0. The molecular weight excluding hydrogens is 699 g/mol. The van der Waals surface area contributed by atoms with E-state index in [1.54, 1.807) is 0 Å². The van der Waals surface area contributed by atoms with Gasteiger partial charge in [0.15, 0.2) is 0 Å². The Morgan fingerprint density at radius 3 is 1.31 bits per heavy atom. The SMILES string of the molecule is CC1(C)c2ccccc2-c2cccc(N(c3ccc(-c4ccc(-c5ccccc5)cc4)cc3)c3cccc(-c4ccccc4)c3-c3ccccc3-c3ccccc3)c21. The van der Waals surface area contributed by atoms with Gasteiger partial charge in [-0.2, -0.15) is 0 Å². The summed E-state index contributed by atoms with van der Waals surface area (Å²) in [6.45, 7) is 4.76. The highest BCUT2D eigenvalue weighted by atomic mass is 15.1. The molecule has 0 aromatic heterocycles. The van der Waals surface area contributed by atoms with Gasteiger partial charge in [-0.15, -0.1) is 0 Å². The zero-order chi connectivity index (χ0) is 39.1. The molecule has 0 unspecified atom stereocenters. The highest BCUT2D eigenvalue weighted by molar-refractivity contribution is 6.02. The van der Waals surface area contributed by atoms with Crippen LogP contribution in [0.15, 0.2) is 224 Å². The second kappa shape index (κ2) is 14.7. The first-order valence-corrected chi connectivity index (χ1v) is 20.2. The molecule has 0 bridgehead atoms. The van der Waals surface area contributed by atoms with Gasteiger partial charge in [-0.05, 0) is 96.6 Å². The lowest BCUT2D eigenvalue weighted by Crippen LogP contribution is -2.21. The van der Waals surface area contributed by atoms with Crippen LogP contribution in [0, 0.1) is 0 Å². The Morgan fingerprint density at radius 1 is 0.293 bits per heavy atom. The number of rotatable bonds is 8. The molecule has 0 fully saturated rings. The van der Waals surface area contributed by atoms with E-state index < -0.39 is 0 Å². The number of nitrogens with zero attached hydrogens (tertiary/aromatic N) is 1. The standard InChI is InChI=1S/C57H43N/c1-57(2)52-29-15-14-25-49(52)51-28-17-31-54(56(51)57)58(46-38-36-43(37-39-46)42-34-32-41(33-35-42)40-18-6-3-7-19-40)53-30-16-27-48(45-22-10-5-11-23-45)55(53)50-26-13-12-24-47(50)44-20-8-4-9-21-44/h3-39H,1-2H3. The molecule has 0 aliphatic heterocycles. The second-order valence-corrected chi connectivity index (χ2v) is 15.7. The van der Waals surface area contributed by atoms with Gasteiger partial charge < -0.3 is 4.90 Å². The number of benzene rings is 9. The molecule has 9 aromatic carbocycles. The van der Waals surface area contributed by atoms with Crippen LogP contribution in [0.1, 0.15) is 25.0 Å². The lowest BCUT2D eigenvalue weighted by molar-refractivity contribution is 0.661. The van der Waals surface area contributed by atoms with Crippen molar-refractivity contribution in [3.63, 3.8) is 0 Å². The quantitative estimate of drug-likeness (QED) is 0.150. The van der Waals surface area contributed by atoms with Crippen LogP contribution in [-0.2, 0) is 5.41 Å². The van der Waals surface area contributed by atoms with Gasteiger partial charge in [-0.1, -0.05) is 214 Å². The molecule has 0 spiro atoms. The molecule has 0 amide bonds. The minimum atomic E-state index is -0.222. The van der Waals surface area contributed by atoms with Crippen molar-refractivity contribution in [2.75, 3.05) is 4.90 Å². The number of hydrogen-bond acceptors (Lipinski definition) is 1. The summed E-state index contributed by atoms with van der Waals surface area (Å²) in [6.07, 6.45) is 0. The summed E-state index contributed by atoms with van der Waals surface area (Å²) in [7, 11) is 0. The highest BCUT2D eigenvalue weighted by Crippen LogP contribution is 2.56. The molecule has 0 radical (unpaired) electrons. The van der Waals surface area contributed by atoms with E-state index in [2.05, 4.69) is 243 Å². The monoisotopic (exact) mass is 741 g/mol. The van der Waals surface area contributed by atoms with Gasteiger partial charge in [-0.3, -0.25) is 0 Å². The Balaban J connectivity index is 1.21. The maximum Gasteiger partial charge on any atom is 0.0546 e. The Bertz CT molecular complexity index is 2870. The van der Waals surface area contributed by atoms with Gasteiger partial charge in [0, 0.05) is 16.7 Å². The molecule has 58 heavy (non-hydrogen) atoms. The topological polar surface area (TPSA) is 3.24 Å². The largest absolute Gasteiger partial charge is 0.310 e. The van der Waals surface area contributed by atoms with Crippen molar-refractivity contribution >= 4 is 17.1 Å². The number of fused-ring (bicyclic) bond motifs is 3. The fraction of sp³-hybridized carbons (Fsp3) is 0.0526. The van der Waals surface area contributed by atoms with Crippen LogP contribution in [0.25, 0.3) is 66.8 Å². The zero-order valence-electron chi connectivity index (χ0n) is 32.8. The van der Waals surface area contributed by atoms with Crippen LogP contribution < -0.4 is 4.90 Å². The maximum atomic E-state index is 2.53. The predicted octanol–water partition coefficient (Wildman–Crippen LogP) is 15.8. The lowest BCUT2D eigenvalue weighted by Gasteiger charge is -2.34. The predicted molar refractivity (Wildman–Crippen MR) is 246 cm³/mol. The molecule has 1 nitrogen and oxygen atoms in total. The smallest absolute Gasteiger partial charge is 0.0546 e. The molecule has 1 heteroatoms. The molecule has 10 rings (SSSR count). The van der Waals surface area contributed by atoms with E-state index in [9.17, 15) is 0 Å². The van der Waals surface area contributed by atoms with Gasteiger partial charge in [0.1, 0.15) is 0 Å². The molecule has 0 heterocycles. The summed E-state index contributed by atoms with van der Waals surface area (Å²) in [6, 6.07) is 81.8. The first-order valence-electron chi connectivity index (χ1n) is 20.2. The summed E-state index contributed by atoms with van der Waals surface area (Å²) in [5.41, 5.74) is 20.5. The molecule has 276 valence electrons. The molecule has 0 atom stereocenters. The molecular formula is C57H43N. The molecule has 9 aromatic rings. The van der Waals surface area contributed by atoms with Crippen molar-refractivity contribution in [3.8, 4) is 66.8 Å². The van der Waals surface area contributed by atoms with Crippen molar-refractivity contribution in [1.29, 1.82) is 0 Å². The Hall–Kier alpha value is -7.22. The first-order chi connectivity index (χ1) is 28.6. The summed E-state index contributed by atoms with van der Waals surface area (Å²) in [4.78, 5) is 2.53. The molecule has 1 aliphatic carbocycles. The van der Waals surface area contributed by atoms with Crippen LogP contribution in [0.5, 0.6) is 0 Å². The Kier molecular flexibility index (Phi) is 8.92. The zero-order valence-corrected chi connectivity index (χ0v) is 32.8. The minimum absolute atomic E-state index is 0.222. The van der Waals surface area contributed by atoms with E-state index in [-0.39, 0.29) is 5.41 Å². The average molecular weight is 742 g/mol. The highest BCUT2D eigenvalue weighted by Gasteiger charge is 2.39. The van der Waals surface area contributed by atoms with E-state index in [0.29, 0.717) is 0 Å². The molecule has 0 saturated carbocycles. The van der Waals surface area contributed by atoms with E-state index in [1.165, 1.54) is 83.6 Å². The second-order valence-electron chi connectivity index (χ2n) is 15.7. The van der Waals surface area contributed by atoms with Crippen LogP contribution >= 0.6 is 0 Å². The third-order valence-electron chi connectivity index (χ3n) is 11.9. The van der Waals surface area contributed by atoms with Gasteiger partial charge in [0.05, 0.1) is 11.4 Å². The molecule has 0 saturated heterocycles. The summed E-state index contributed by atoms with van der Waals surface area (Å²) < 4.78 is 0. The normalized spacial score (nSPS) is 12.4. The van der Waals surface area contributed by atoms with Gasteiger partial charge >= 0.3 is 0 Å². The third-order valence-corrected chi connectivity index (χ3v) is 11.9. The van der Waals surface area contributed by atoms with Crippen LogP contribution in [0.2, 0.25) is 0 Å². The third kappa shape index (κ3) is 6.13.